The topological polar surface area (TPSA) is 94.3 Å². The van der Waals surface area contributed by atoms with Crippen molar-refractivity contribution in [2.75, 3.05) is 0 Å². The zero-order valence-corrected chi connectivity index (χ0v) is 16.1. The number of amides is 1. The van der Waals surface area contributed by atoms with Crippen LogP contribution >= 0.6 is 0 Å². The number of nitrogens with one attached hydrogen (secondary N) is 1. The standard InChI is InChI=1S/C22H23N3O3/c1-14-9-12-19(28)22(13-14,23-16(3)26)25-24-21-18(27)11-10-15(2)20(21)17-7-5-4-6-8-17/h4-12,27-28H,13H2,1-3H3,(H,23,26). The van der Waals surface area contributed by atoms with E-state index in [0.29, 0.717) is 0 Å². The first kappa shape index (κ1) is 19.4. The number of aromatic hydroxyl groups is 1. The lowest BCUT2D eigenvalue weighted by atomic mass is 9.93. The van der Waals surface area contributed by atoms with Gasteiger partial charge in [-0.25, -0.2) is 0 Å². The van der Waals surface area contributed by atoms with Gasteiger partial charge in [-0.05, 0) is 37.1 Å². The number of carbonyl (C=O) groups excluding carboxylic acids is 1. The van der Waals surface area contributed by atoms with Gasteiger partial charge in [0.15, 0.2) is 0 Å². The van der Waals surface area contributed by atoms with Crippen LogP contribution in [0.1, 0.15) is 25.8 Å². The minimum Gasteiger partial charge on any atom is -0.508 e. The molecular weight excluding hydrogens is 354 g/mol. The Balaban J connectivity index is 2.13. The first-order valence-electron chi connectivity index (χ1n) is 8.99. The predicted molar refractivity (Wildman–Crippen MR) is 108 cm³/mol. The molecule has 1 atom stereocenters. The molecule has 28 heavy (non-hydrogen) atoms. The van der Waals surface area contributed by atoms with Crippen molar-refractivity contribution in [1.82, 2.24) is 5.32 Å². The summed E-state index contributed by atoms with van der Waals surface area (Å²) in [5.41, 5.74) is 2.38. The maximum absolute atomic E-state index is 11.8. The Hall–Kier alpha value is -3.41. The van der Waals surface area contributed by atoms with Crippen molar-refractivity contribution in [3.05, 3.63) is 71.5 Å². The van der Waals surface area contributed by atoms with Crippen molar-refractivity contribution in [2.45, 2.75) is 32.9 Å². The van der Waals surface area contributed by atoms with Crippen LogP contribution in [0.15, 0.2) is 76.2 Å². The third kappa shape index (κ3) is 3.81. The van der Waals surface area contributed by atoms with Gasteiger partial charge >= 0.3 is 0 Å². The lowest BCUT2D eigenvalue weighted by Crippen LogP contribution is -2.48. The van der Waals surface area contributed by atoms with E-state index in [0.717, 1.165) is 22.3 Å². The van der Waals surface area contributed by atoms with Crippen LogP contribution in [0.5, 0.6) is 5.75 Å². The second kappa shape index (κ2) is 7.68. The Morgan fingerprint density at radius 1 is 1.07 bits per heavy atom. The minimum atomic E-state index is -1.39. The number of aliphatic hydroxyl groups excluding tert-OH is 1. The Bertz CT molecular complexity index is 990. The molecular formula is C22H23N3O3. The molecule has 144 valence electrons. The summed E-state index contributed by atoms with van der Waals surface area (Å²) in [5, 5.41) is 32.2. The summed E-state index contributed by atoms with van der Waals surface area (Å²) >= 11 is 0. The van der Waals surface area contributed by atoms with Gasteiger partial charge in [0.2, 0.25) is 11.6 Å². The Kier molecular flexibility index (Phi) is 5.31. The fourth-order valence-electron chi connectivity index (χ4n) is 3.31. The number of allylic oxidation sites excluding steroid dienone is 2. The number of aliphatic hydroxyl groups is 1. The van der Waals surface area contributed by atoms with E-state index in [1.165, 1.54) is 13.0 Å². The molecule has 0 fully saturated rings. The zero-order chi connectivity index (χ0) is 20.3. The van der Waals surface area contributed by atoms with Gasteiger partial charge in [0, 0.05) is 18.9 Å². The number of phenols is 1. The fraction of sp³-hybridized carbons (Fsp3) is 0.227. The van der Waals surface area contributed by atoms with Crippen LogP contribution in [0.4, 0.5) is 5.69 Å². The van der Waals surface area contributed by atoms with Crippen molar-refractivity contribution in [1.29, 1.82) is 0 Å². The van der Waals surface area contributed by atoms with Gasteiger partial charge < -0.3 is 15.5 Å². The molecule has 2 aromatic carbocycles. The molecule has 6 heteroatoms. The van der Waals surface area contributed by atoms with Gasteiger partial charge in [-0.15, -0.1) is 5.11 Å². The smallest absolute Gasteiger partial charge is 0.219 e. The molecule has 0 aliphatic heterocycles. The van der Waals surface area contributed by atoms with Gasteiger partial charge in [0.1, 0.15) is 17.2 Å². The van der Waals surface area contributed by atoms with Gasteiger partial charge in [-0.2, -0.15) is 5.11 Å². The molecule has 0 saturated heterocycles. The summed E-state index contributed by atoms with van der Waals surface area (Å²) in [4.78, 5) is 11.8. The maximum Gasteiger partial charge on any atom is 0.219 e. The van der Waals surface area contributed by atoms with Crippen LogP contribution in [0, 0.1) is 6.92 Å². The number of phenolic OH excluding ortho intramolecular Hbond substituents is 1. The number of benzene rings is 2. The number of aryl methyl sites for hydroxylation is 1. The molecule has 0 aromatic heterocycles. The molecule has 0 saturated carbocycles. The first-order valence-corrected chi connectivity index (χ1v) is 8.99. The van der Waals surface area contributed by atoms with E-state index < -0.39 is 5.66 Å². The highest BCUT2D eigenvalue weighted by Crippen LogP contribution is 2.41. The van der Waals surface area contributed by atoms with Crippen LogP contribution in [-0.4, -0.2) is 21.8 Å². The van der Waals surface area contributed by atoms with E-state index >= 15 is 0 Å². The number of hydrogen-bond donors (Lipinski definition) is 3. The lowest BCUT2D eigenvalue weighted by molar-refractivity contribution is -0.120. The van der Waals surface area contributed by atoms with E-state index in [-0.39, 0.29) is 29.5 Å². The Morgan fingerprint density at radius 3 is 2.46 bits per heavy atom. The molecule has 0 spiro atoms. The number of rotatable bonds is 4. The SMILES string of the molecule is CC(=O)NC1(N=Nc2c(O)ccc(C)c2-c2ccccc2)CC(C)=CC=C1O. The van der Waals surface area contributed by atoms with Crippen molar-refractivity contribution in [3.8, 4) is 16.9 Å². The summed E-state index contributed by atoms with van der Waals surface area (Å²) in [6.07, 6.45) is 3.55. The lowest BCUT2D eigenvalue weighted by Gasteiger charge is -2.31. The monoisotopic (exact) mass is 377 g/mol. The van der Waals surface area contributed by atoms with E-state index in [4.69, 9.17) is 0 Å². The van der Waals surface area contributed by atoms with Crippen molar-refractivity contribution >= 4 is 11.6 Å². The summed E-state index contributed by atoms with van der Waals surface area (Å²) < 4.78 is 0. The Labute approximate surface area is 163 Å². The number of carbonyl (C=O) groups is 1. The van der Waals surface area contributed by atoms with Crippen LogP contribution in [0.2, 0.25) is 0 Å². The van der Waals surface area contributed by atoms with Gasteiger partial charge in [0.05, 0.1) is 0 Å². The normalized spacial score (nSPS) is 19.2. The van der Waals surface area contributed by atoms with Gasteiger partial charge in [0.25, 0.3) is 0 Å². The van der Waals surface area contributed by atoms with E-state index in [9.17, 15) is 15.0 Å². The molecule has 1 aliphatic rings. The van der Waals surface area contributed by atoms with Crippen molar-refractivity contribution < 1.29 is 15.0 Å². The molecule has 0 radical (unpaired) electrons. The van der Waals surface area contributed by atoms with Crippen LogP contribution in [0.3, 0.4) is 0 Å². The molecule has 3 N–H and O–H groups in total. The van der Waals surface area contributed by atoms with Crippen molar-refractivity contribution in [2.24, 2.45) is 10.2 Å². The molecule has 3 rings (SSSR count). The quantitative estimate of drug-likeness (QED) is 0.649. The van der Waals surface area contributed by atoms with Crippen LogP contribution in [-0.2, 0) is 4.79 Å². The molecule has 2 aromatic rings. The number of nitrogens with zero attached hydrogens (tertiary/aromatic N) is 2. The zero-order valence-electron chi connectivity index (χ0n) is 16.1. The largest absolute Gasteiger partial charge is 0.508 e. The third-order valence-electron chi connectivity index (χ3n) is 4.62. The number of hydrogen-bond acceptors (Lipinski definition) is 5. The third-order valence-corrected chi connectivity index (χ3v) is 4.62. The Morgan fingerprint density at radius 2 is 1.79 bits per heavy atom. The van der Waals surface area contributed by atoms with E-state index in [2.05, 4.69) is 15.5 Å². The summed E-state index contributed by atoms with van der Waals surface area (Å²) in [6, 6.07) is 12.9. The molecule has 0 heterocycles. The van der Waals surface area contributed by atoms with E-state index in [1.807, 2.05) is 50.2 Å². The molecule has 0 bridgehead atoms. The molecule has 1 amide bonds. The second-order valence-corrected chi connectivity index (χ2v) is 6.97. The molecule has 6 nitrogen and oxygen atoms in total. The summed E-state index contributed by atoms with van der Waals surface area (Å²) in [5.74, 6) is -0.478. The maximum atomic E-state index is 11.8. The summed E-state index contributed by atoms with van der Waals surface area (Å²) in [7, 11) is 0. The van der Waals surface area contributed by atoms with Crippen LogP contribution < -0.4 is 5.32 Å². The highest BCUT2D eigenvalue weighted by Gasteiger charge is 2.38. The predicted octanol–water partition coefficient (Wildman–Crippen LogP) is 5.08. The van der Waals surface area contributed by atoms with E-state index in [1.54, 1.807) is 12.1 Å². The summed E-state index contributed by atoms with van der Waals surface area (Å²) in [6.45, 7) is 5.17. The highest BCUT2D eigenvalue weighted by molar-refractivity contribution is 5.82. The van der Waals surface area contributed by atoms with Gasteiger partial charge in [-0.1, -0.05) is 48.0 Å². The first-order chi connectivity index (χ1) is 13.3. The minimum absolute atomic E-state index is 0.0299. The molecule has 1 unspecified atom stereocenters. The average Bonchev–Trinajstić information content (AvgIpc) is 2.65. The highest BCUT2D eigenvalue weighted by atomic mass is 16.3. The van der Waals surface area contributed by atoms with Crippen molar-refractivity contribution in [3.63, 3.8) is 0 Å². The van der Waals surface area contributed by atoms with Crippen LogP contribution in [0.25, 0.3) is 11.1 Å². The second-order valence-electron chi connectivity index (χ2n) is 6.97. The average molecular weight is 377 g/mol. The number of azo groups is 1. The molecule has 1 aliphatic carbocycles. The fourth-order valence-corrected chi connectivity index (χ4v) is 3.31. The van der Waals surface area contributed by atoms with Gasteiger partial charge in [-0.3, -0.25) is 4.79 Å².